The first-order valence-corrected chi connectivity index (χ1v) is 17.9. The number of aromatic nitrogens is 4. The summed E-state index contributed by atoms with van der Waals surface area (Å²) in [4.78, 5) is 87.3. The number of nitrogens with zero attached hydrogens (tertiary/aromatic N) is 4. The van der Waals surface area contributed by atoms with E-state index in [2.05, 4.69) is 15.1 Å². The Morgan fingerprint density at radius 2 is 1.75 bits per heavy atom. The Morgan fingerprint density at radius 1 is 0.982 bits per heavy atom. The minimum atomic E-state index is -1.13. The first-order chi connectivity index (χ1) is 26.0. The smallest absolute Gasteiger partial charge is 0.294 e. The van der Waals surface area contributed by atoms with Crippen LogP contribution in [0.25, 0.3) is 17.0 Å². The number of carbonyl (C=O) groups is 5. The van der Waals surface area contributed by atoms with Gasteiger partial charge in [-0.25, -0.2) is 9.37 Å². The van der Waals surface area contributed by atoms with Gasteiger partial charge in [0.25, 0.3) is 23.3 Å². The first kappa shape index (κ1) is 37.5. The molecule has 1 unspecified atom stereocenters. The standard InChI is InChI=1S/C38H33ClFN7O7.ClH/c39-22-7-11-27-28(16-22)42-38(41-27)47-37(53)25(10-6-20-4-8-23(40)9-5-20)33(44-47)21-12-14-45(15-13-21)32(49)19-54-31-3-1-2-24-26(31)18-46(36(24)52)29-17-30(48)35(51)43-34(29)50;/h1-5,7-9,11,16,21,29,44H,6,10,12-15,17-19H2,(H,41,42)(H,43,50,51);1H. The molecule has 5 aromatic rings. The zero-order chi connectivity index (χ0) is 37.7. The van der Waals surface area contributed by atoms with Gasteiger partial charge < -0.3 is 19.5 Å². The highest BCUT2D eigenvalue weighted by Crippen LogP contribution is 2.34. The van der Waals surface area contributed by atoms with Gasteiger partial charge >= 0.3 is 0 Å². The van der Waals surface area contributed by atoms with E-state index in [0.29, 0.717) is 83.2 Å². The number of aryl methyl sites for hydroxylation is 1. The fourth-order valence-corrected chi connectivity index (χ4v) is 7.62. The van der Waals surface area contributed by atoms with Crippen molar-refractivity contribution in [3.63, 3.8) is 0 Å². The number of Topliss-reactive ketones (excluding diaryl/α,β-unsaturated/α-hetero) is 1. The molecular weight excluding hydrogens is 756 g/mol. The number of ether oxygens (including phenoxy) is 1. The third kappa shape index (κ3) is 7.24. The Hall–Kier alpha value is -5.80. The fraction of sp³-hybridized carbons (Fsp3) is 0.289. The van der Waals surface area contributed by atoms with Crippen LogP contribution in [-0.4, -0.2) is 84.7 Å². The van der Waals surface area contributed by atoms with Gasteiger partial charge in [0.05, 0.1) is 17.6 Å². The lowest BCUT2D eigenvalue weighted by molar-refractivity contribution is -0.147. The van der Waals surface area contributed by atoms with E-state index < -0.39 is 36.0 Å². The van der Waals surface area contributed by atoms with E-state index in [1.54, 1.807) is 53.4 Å². The van der Waals surface area contributed by atoms with Crippen LogP contribution in [0.3, 0.4) is 0 Å². The lowest BCUT2D eigenvalue weighted by Gasteiger charge is -2.32. The van der Waals surface area contributed by atoms with Gasteiger partial charge in [-0.15, -0.1) is 12.4 Å². The normalized spacial score (nSPS) is 17.4. The highest BCUT2D eigenvalue weighted by atomic mass is 35.5. The Kier molecular flexibility index (Phi) is 10.3. The second-order valence-corrected chi connectivity index (χ2v) is 14.0. The van der Waals surface area contributed by atoms with Crippen LogP contribution in [0.15, 0.2) is 65.5 Å². The van der Waals surface area contributed by atoms with E-state index in [0.717, 1.165) is 11.3 Å². The number of hydrogen-bond donors (Lipinski definition) is 3. The molecule has 3 aliphatic rings. The van der Waals surface area contributed by atoms with Crippen molar-refractivity contribution in [1.29, 1.82) is 0 Å². The summed E-state index contributed by atoms with van der Waals surface area (Å²) in [6, 6.07) is 15.1. The van der Waals surface area contributed by atoms with Crippen LogP contribution < -0.4 is 15.6 Å². The highest BCUT2D eigenvalue weighted by Gasteiger charge is 2.43. The monoisotopic (exact) mass is 789 g/mol. The molecule has 8 rings (SSSR count). The van der Waals surface area contributed by atoms with E-state index in [4.69, 9.17) is 16.3 Å². The summed E-state index contributed by atoms with van der Waals surface area (Å²) < 4.78 is 20.9. The summed E-state index contributed by atoms with van der Waals surface area (Å²) in [6.45, 7) is 0.498. The molecule has 284 valence electrons. The molecule has 3 aliphatic heterocycles. The second kappa shape index (κ2) is 15.1. The summed E-state index contributed by atoms with van der Waals surface area (Å²) in [5.74, 6) is -3.00. The lowest BCUT2D eigenvalue weighted by Crippen LogP contribution is -2.56. The zero-order valence-corrected chi connectivity index (χ0v) is 30.7. The Morgan fingerprint density at radius 3 is 2.51 bits per heavy atom. The zero-order valence-electron chi connectivity index (χ0n) is 29.1. The minimum absolute atomic E-state index is 0. The number of halogens is 3. The SMILES string of the molecule is Cl.O=C1CC(N2Cc3c(OCC(=O)N4CCC(c5[nH]n(-c6nc7ccc(Cl)cc7[nH]6)c(=O)c5CCc5ccc(F)cc5)CC4)cccc3C2=O)C(=O)NC1=O. The van der Waals surface area contributed by atoms with E-state index in [1.807, 2.05) is 5.32 Å². The number of amides is 4. The highest BCUT2D eigenvalue weighted by molar-refractivity contribution is 6.41. The Balaban J connectivity index is 0.00000465. The Bertz CT molecular complexity index is 2420. The molecule has 3 aromatic carbocycles. The molecule has 2 saturated heterocycles. The predicted octanol–water partition coefficient (Wildman–Crippen LogP) is 3.77. The van der Waals surface area contributed by atoms with Gasteiger partial charge in [0, 0.05) is 52.8 Å². The number of nitrogens with one attached hydrogen (secondary N) is 3. The number of rotatable bonds is 9. The van der Waals surface area contributed by atoms with Crippen LogP contribution in [0.2, 0.25) is 5.02 Å². The van der Waals surface area contributed by atoms with Gasteiger partial charge in [-0.2, -0.15) is 4.68 Å². The number of imide groups is 1. The maximum Gasteiger partial charge on any atom is 0.294 e. The van der Waals surface area contributed by atoms with Crippen LogP contribution >= 0.6 is 24.0 Å². The molecule has 55 heavy (non-hydrogen) atoms. The molecule has 2 fully saturated rings. The molecule has 0 radical (unpaired) electrons. The largest absolute Gasteiger partial charge is 0.483 e. The number of carbonyl (C=O) groups excluding carboxylic acids is 5. The van der Waals surface area contributed by atoms with Crippen molar-refractivity contribution in [3.05, 3.63) is 110 Å². The lowest BCUT2D eigenvalue weighted by atomic mass is 9.90. The van der Waals surface area contributed by atoms with Crippen molar-refractivity contribution >= 4 is 64.5 Å². The number of benzene rings is 3. The van der Waals surface area contributed by atoms with E-state index in [9.17, 15) is 33.2 Å². The molecular formula is C38H34Cl2FN7O7. The number of piperidine rings is 2. The molecule has 0 saturated carbocycles. The van der Waals surface area contributed by atoms with Crippen molar-refractivity contribution < 1.29 is 33.1 Å². The van der Waals surface area contributed by atoms with Gasteiger partial charge in [0.2, 0.25) is 17.6 Å². The topological polar surface area (TPSA) is 180 Å². The minimum Gasteiger partial charge on any atom is -0.483 e. The second-order valence-electron chi connectivity index (χ2n) is 13.6. The van der Waals surface area contributed by atoms with Gasteiger partial charge in [-0.3, -0.25) is 39.2 Å². The van der Waals surface area contributed by atoms with Crippen LogP contribution in [0.1, 0.15) is 57.9 Å². The number of fused-ring (bicyclic) bond motifs is 2. The number of H-pyrrole nitrogens is 2. The molecule has 5 heterocycles. The van der Waals surface area contributed by atoms with Gasteiger partial charge in [-0.1, -0.05) is 29.8 Å². The van der Waals surface area contributed by atoms with Crippen molar-refractivity contribution in [2.45, 2.75) is 50.6 Å². The summed E-state index contributed by atoms with van der Waals surface area (Å²) in [5, 5.41) is 5.84. The fourth-order valence-electron chi connectivity index (χ4n) is 7.45. The van der Waals surface area contributed by atoms with Crippen molar-refractivity contribution in [2.75, 3.05) is 19.7 Å². The van der Waals surface area contributed by atoms with Gasteiger partial charge in [0.1, 0.15) is 17.6 Å². The maximum absolute atomic E-state index is 13.9. The number of aromatic amines is 2. The maximum atomic E-state index is 13.9. The number of ketones is 1. The first-order valence-electron chi connectivity index (χ1n) is 17.5. The quantitative estimate of drug-likeness (QED) is 0.149. The predicted molar refractivity (Wildman–Crippen MR) is 199 cm³/mol. The average Bonchev–Trinajstić information content (AvgIpc) is 3.84. The molecule has 0 bridgehead atoms. The Labute approximate surface area is 323 Å². The number of hydrogen-bond acceptors (Lipinski definition) is 8. The third-order valence-corrected chi connectivity index (χ3v) is 10.6. The van der Waals surface area contributed by atoms with E-state index >= 15 is 0 Å². The number of imidazole rings is 1. The summed E-state index contributed by atoms with van der Waals surface area (Å²) in [5.41, 5.74) is 4.10. The van der Waals surface area contributed by atoms with Crippen molar-refractivity contribution in [2.24, 2.45) is 0 Å². The van der Waals surface area contributed by atoms with Gasteiger partial charge in [0.15, 0.2) is 6.61 Å². The summed E-state index contributed by atoms with van der Waals surface area (Å²) >= 11 is 6.17. The van der Waals surface area contributed by atoms with Crippen LogP contribution in [0, 0.1) is 5.82 Å². The summed E-state index contributed by atoms with van der Waals surface area (Å²) in [6.07, 6.45) is 1.66. The van der Waals surface area contributed by atoms with Crippen molar-refractivity contribution in [1.82, 2.24) is 34.9 Å². The molecule has 3 N–H and O–H groups in total. The molecule has 0 aliphatic carbocycles. The van der Waals surface area contributed by atoms with E-state index in [-0.39, 0.29) is 48.8 Å². The van der Waals surface area contributed by atoms with Crippen LogP contribution in [0.5, 0.6) is 5.75 Å². The molecule has 1 atom stereocenters. The van der Waals surface area contributed by atoms with Gasteiger partial charge in [-0.05, 0) is 73.7 Å². The summed E-state index contributed by atoms with van der Waals surface area (Å²) in [7, 11) is 0. The van der Waals surface area contributed by atoms with Crippen LogP contribution in [0.4, 0.5) is 4.39 Å². The third-order valence-electron chi connectivity index (χ3n) is 10.3. The van der Waals surface area contributed by atoms with Crippen LogP contribution in [-0.2, 0) is 38.6 Å². The molecule has 17 heteroatoms. The molecule has 2 aromatic heterocycles. The molecule has 14 nitrogen and oxygen atoms in total. The molecule has 4 amide bonds. The van der Waals surface area contributed by atoms with E-state index in [1.165, 1.54) is 21.7 Å². The average molecular weight is 791 g/mol. The van der Waals surface area contributed by atoms with Crippen molar-refractivity contribution in [3.8, 4) is 11.7 Å². The number of likely N-dealkylation sites (tertiary alicyclic amines) is 1. The molecule has 0 spiro atoms.